The van der Waals surface area contributed by atoms with Gasteiger partial charge in [0.1, 0.15) is 16.5 Å². The van der Waals surface area contributed by atoms with Crippen LogP contribution in [0.4, 0.5) is 10.1 Å². The van der Waals surface area contributed by atoms with Gasteiger partial charge >= 0.3 is 11.7 Å². The number of H-pyrrole nitrogens is 1. The molecular formula is C22H18ClFN4O6S. The van der Waals surface area contributed by atoms with E-state index in [4.69, 9.17) is 16.3 Å². The van der Waals surface area contributed by atoms with E-state index < -0.39 is 32.4 Å². The molecule has 0 saturated carbocycles. The quantitative estimate of drug-likeness (QED) is 0.398. The van der Waals surface area contributed by atoms with Gasteiger partial charge in [0, 0.05) is 7.05 Å². The fourth-order valence-corrected chi connectivity index (χ4v) is 5.12. The van der Waals surface area contributed by atoms with Gasteiger partial charge in [0.15, 0.2) is 11.3 Å². The minimum Gasteiger partial charge on any atom is -0.495 e. The number of para-hydroxylation sites is 2. The lowest BCUT2D eigenvalue weighted by atomic mass is 10.2. The summed E-state index contributed by atoms with van der Waals surface area (Å²) in [6.07, 6.45) is 0. The fraction of sp³-hybridized carbons (Fsp3) is 0.136. The minimum absolute atomic E-state index is 0.109. The number of aromatic nitrogens is 3. The summed E-state index contributed by atoms with van der Waals surface area (Å²) in [5, 5.41) is 9.07. The van der Waals surface area contributed by atoms with E-state index in [-0.39, 0.29) is 39.0 Å². The Hall–Kier alpha value is -3.90. The molecule has 0 amide bonds. The zero-order valence-corrected chi connectivity index (χ0v) is 20.1. The Kier molecular flexibility index (Phi) is 6.03. The molecule has 182 valence electrons. The zero-order valence-electron chi connectivity index (χ0n) is 18.5. The number of anilines is 1. The first-order chi connectivity index (χ1) is 16.5. The normalized spacial score (nSPS) is 11.6. The van der Waals surface area contributed by atoms with Crippen LogP contribution in [0.3, 0.4) is 0 Å². The number of methoxy groups -OCH3 is 1. The van der Waals surface area contributed by atoms with E-state index in [2.05, 4.69) is 9.97 Å². The Morgan fingerprint density at radius 1 is 1.26 bits per heavy atom. The summed E-state index contributed by atoms with van der Waals surface area (Å²) >= 11 is 6.22. The van der Waals surface area contributed by atoms with E-state index in [0.717, 1.165) is 21.0 Å². The summed E-state index contributed by atoms with van der Waals surface area (Å²) in [7, 11) is -1.91. The number of aromatic amines is 1. The molecule has 0 unspecified atom stereocenters. The highest BCUT2D eigenvalue weighted by Crippen LogP contribution is 2.34. The van der Waals surface area contributed by atoms with Crippen LogP contribution in [0.15, 0.2) is 52.2 Å². The number of benzene rings is 2. The molecule has 0 bridgehead atoms. The average molecular weight is 521 g/mol. The smallest absolute Gasteiger partial charge is 0.354 e. The molecular weight excluding hydrogens is 503 g/mol. The van der Waals surface area contributed by atoms with Gasteiger partial charge in [-0.25, -0.2) is 31.9 Å². The fourth-order valence-electron chi connectivity index (χ4n) is 3.62. The van der Waals surface area contributed by atoms with Gasteiger partial charge in [-0.3, -0.25) is 4.31 Å². The highest BCUT2D eigenvalue weighted by atomic mass is 35.5. The van der Waals surface area contributed by atoms with Crippen molar-refractivity contribution in [2.75, 3.05) is 18.5 Å². The van der Waals surface area contributed by atoms with Crippen molar-refractivity contribution in [2.45, 2.75) is 11.8 Å². The number of pyridine rings is 1. The third-order valence-corrected chi connectivity index (χ3v) is 7.46. The molecule has 0 radical (unpaired) electrons. The lowest BCUT2D eigenvalue weighted by Crippen LogP contribution is -2.28. The lowest BCUT2D eigenvalue weighted by molar-refractivity contribution is 0.0690. The van der Waals surface area contributed by atoms with Crippen molar-refractivity contribution in [1.29, 1.82) is 0 Å². The second-order valence-corrected chi connectivity index (χ2v) is 9.82. The molecule has 2 aromatic carbocycles. The first-order valence-electron chi connectivity index (χ1n) is 9.94. The molecule has 2 N–H and O–H groups in total. The zero-order chi connectivity index (χ0) is 25.7. The number of halogens is 2. The van der Waals surface area contributed by atoms with Crippen LogP contribution in [0, 0.1) is 12.7 Å². The number of aryl methyl sites for hydroxylation is 1. The predicted molar refractivity (Wildman–Crippen MR) is 127 cm³/mol. The molecule has 0 aliphatic heterocycles. The van der Waals surface area contributed by atoms with Crippen molar-refractivity contribution < 1.29 is 27.4 Å². The number of rotatable bonds is 6. The minimum atomic E-state index is -4.50. The van der Waals surface area contributed by atoms with Crippen LogP contribution in [-0.2, 0) is 10.0 Å². The number of fused-ring (bicyclic) bond motifs is 1. The number of sulfonamides is 1. The average Bonchev–Trinajstić information content (AvgIpc) is 3.14. The highest BCUT2D eigenvalue weighted by molar-refractivity contribution is 7.92. The number of nitrogens with one attached hydrogen (secondary N) is 1. The van der Waals surface area contributed by atoms with Crippen LogP contribution < -0.4 is 14.7 Å². The van der Waals surface area contributed by atoms with Crippen molar-refractivity contribution >= 4 is 44.4 Å². The number of hydrogen-bond acceptors (Lipinski definition) is 6. The largest absolute Gasteiger partial charge is 0.495 e. The number of imidazole rings is 1. The molecule has 0 atom stereocenters. The second kappa shape index (κ2) is 8.71. The number of carbonyl (C=O) groups is 1. The standard InChI is InChI=1S/C22H18ClFN4O6S/c1-11-8-14(21(29)30)25-20-19(11)26-22(31)28(20)16-10-18(13(24)9-12(16)23)35(32,33)27(2)15-6-4-5-7-17(15)34-3/h4-10H,1-3H3,(H,26,31)(H,29,30). The van der Waals surface area contributed by atoms with Gasteiger partial charge in [-0.2, -0.15) is 0 Å². The first-order valence-corrected chi connectivity index (χ1v) is 11.8. The number of nitrogens with zero attached hydrogens (tertiary/aromatic N) is 3. The summed E-state index contributed by atoms with van der Waals surface area (Å²) in [5.74, 6) is -2.24. The Balaban J connectivity index is 1.96. The van der Waals surface area contributed by atoms with Crippen molar-refractivity contribution in [2.24, 2.45) is 0 Å². The summed E-state index contributed by atoms with van der Waals surface area (Å²) in [4.78, 5) is 30.1. The van der Waals surface area contributed by atoms with Crippen molar-refractivity contribution in [3.63, 3.8) is 0 Å². The molecule has 35 heavy (non-hydrogen) atoms. The lowest BCUT2D eigenvalue weighted by Gasteiger charge is -2.22. The van der Waals surface area contributed by atoms with Gasteiger partial charge in [0.25, 0.3) is 10.0 Å². The van der Waals surface area contributed by atoms with E-state index in [0.29, 0.717) is 5.56 Å². The summed E-state index contributed by atoms with van der Waals surface area (Å²) < 4.78 is 48.7. The van der Waals surface area contributed by atoms with Crippen LogP contribution >= 0.6 is 11.6 Å². The third kappa shape index (κ3) is 4.00. The molecule has 2 aromatic heterocycles. The summed E-state index contributed by atoms with van der Waals surface area (Å²) in [5.41, 5.74) is -0.648. The van der Waals surface area contributed by atoms with Crippen LogP contribution in [0.1, 0.15) is 16.1 Å². The molecule has 0 aliphatic carbocycles. The van der Waals surface area contributed by atoms with Gasteiger partial charge < -0.3 is 14.8 Å². The van der Waals surface area contributed by atoms with E-state index in [9.17, 15) is 27.5 Å². The molecule has 4 aromatic rings. The molecule has 0 spiro atoms. The van der Waals surface area contributed by atoms with E-state index in [1.165, 1.54) is 26.3 Å². The van der Waals surface area contributed by atoms with E-state index in [1.807, 2.05) is 0 Å². The number of ether oxygens (including phenoxy) is 1. The Bertz CT molecular complexity index is 1660. The first kappa shape index (κ1) is 24.2. The molecule has 0 saturated heterocycles. The van der Waals surface area contributed by atoms with Crippen molar-refractivity contribution in [3.05, 3.63) is 75.0 Å². The predicted octanol–water partition coefficient (Wildman–Crippen LogP) is 3.35. The van der Waals surface area contributed by atoms with Crippen molar-refractivity contribution in [3.8, 4) is 11.4 Å². The maximum absolute atomic E-state index is 15.0. The molecule has 0 fully saturated rings. The number of carboxylic acids is 1. The molecule has 2 heterocycles. The van der Waals surface area contributed by atoms with E-state index in [1.54, 1.807) is 25.1 Å². The van der Waals surface area contributed by atoms with Gasteiger partial charge in [-0.1, -0.05) is 23.7 Å². The highest BCUT2D eigenvalue weighted by Gasteiger charge is 2.29. The van der Waals surface area contributed by atoms with Crippen LogP contribution in [0.2, 0.25) is 5.02 Å². The number of aromatic carboxylic acids is 1. The maximum Gasteiger partial charge on any atom is 0.354 e. The topological polar surface area (TPSA) is 135 Å². The SMILES string of the molecule is COc1ccccc1N(C)S(=O)(=O)c1cc(-n2c(=O)[nH]c3c(C)cc(C(=O)O)nc32)c(Cl)cc1F. The van der Waals surface area contributed by atoms with Gasteiger partial charge in [0.05, 0.1) is 29.0 Å². The summed E-state index contributed by atoms with van der Waals surface area (Å²) in [6, 6.07) is 9.20. The molecule has 4 rings (SSSR count). The van der Waals surface area contributed by atoms with Crippen LogP contribution in [0.25, 0.3) is 16.9 Å². The summed E-state index contributed by atoms with van der Waals surface area (Å²) in [6.45, 7) is 1.57. The number of hydrogen-bond donors (Lipinski definition) is 2. The van der Waals surface area contributed by atoms with Gasteiger partial charge in [-0.15, -0.1) is 0 Å². The second-order valence-electron chi connectivity index (χ2n) is 7.47. The molecule has 0 aliphatic rings. The van der Waals surface area contributed by atoms with E-state index >= 15 is 0 Å². The Morgan fingerprint density at radius 3 is 2.60 bits per heavy atom. The van der Waals surface area contributed by atoms with Gasteiger partial charge in [-0.05, 0) is 42.8 Å². The van der Waals surface area contributed by atoms with Crippen molar-refractivity contribution in [1.82, 2.24) is 14.5 Å². The Morgan fingerprint density at radius 2 is 1.94 bits per heavy atom. The van der Waals surface area contributed by atoms with Crippen LogP contribution in [-0.4, -0.2) is 48.2 Å². The molecule has 13 heteroatoms. The number of carboxylic acid groups (broad SMARTS) is 1. The monoisotopic (exact) mass is 520 g/mol. The molecule has 10 nitrogen and oxygen atoms in total. The van der Waals surface area contributed by atoms with Gasteiger partial charge in [0.2, 0.25) is 0 Å². The third-order valence-electron chi connectivity index (χ3n) is 5.37. The maximum atomic E-state index is 15.0. The Labute approximate surface area is 203 Å². The van der Waals surface area contributed by atoms with Crippen LogP contribution in [0.5, 0.6) is 5.75 Å².